The largest absolute Gasteiger partial charge is 0.466 e. The van der Waals surface area contributed by atoms with Crippen LogP contribution in [0, 0.1) is 26.6 Å². The van der Waals surface area contributed by atoms with Crippen LogP contribution in [0.3, 0.4) is 0 Å². The fourth-order valence-corrected chi connectivity index (χ4v) is 2.81. The first-order valence-electron chi connectivity index (χ1n) is 6.40. The Kier molecular flexibility index (Phi) is 4.62. The molecule has 20 heavy (non-hydrogen) atoms. The van der Waals surface area contributed by atoms with Crippen LogP contribution in [0.25, 0.3) is 0 Å². The molecule has 2 rings (SSSR count). The number of nitrogens with two attached hydrogens (primary N) is 1. The van der Waals surface area contributed by atoms with Gasteiger partial charge in [0.1, 0.15) is 17.3 Å². The van der Waals surface area contributed by atoms with E-state index in [-0.39, 0.29) is 11.9 Å². The highest BCUT2D eigenvalue weighted by Gasteiger charge is 2.21. The number of halogens is 2. The van der Waals surface area contributed by atoms with Gasteiger partial charge in [-0.2, -0.15) is 0 Å². The van der Waals surface area contributed by atoms with E-state index < -0.39 is 0 Å². The fourth-order valence-electron chi connectivity index (χ4n) is 2.47. The molecule has 0 aliphatic rings. The van der Waals surface area contributed by atoms with Crippen LogP contribution in [0.1, 0.15) is 34.3 Å². The summed E-state index contributed by atoms with van der Waals surface area (Å²) >= 11 is 3.26. The number of nitrogens with one attached hydrogen (secondary N) is 1. The van der Waals surface area contributed by atoms with E-state index in [0.29, 0.717) is 12.0 Å². The molecule has 1 unspecified atom stereocenters. The first kappa shape index (κ1) is 15.2. The van der Waals surface area contributed by atoms with Crippen LogP contribution in [-0.4, -0.2) is 0 Å². The van der Waals surface area contributed by atoms with Gasteiger partial charge in [0.15, 0.2) is 0 Å². The fraction of sp³-hybridized carbons (Fsp3) is 0.333. The van der Waals surface area contributed by atoms with Crippen molar-refractivity contribution in [2.45, 2.75) is 33.2 Å². The predicted molar refractivity (Wildman–Crippen MR) is 80.8 cm³/mol. The van der Waals surface area contributed by atoms with Crippen molar-refractivity contribution in [1.82, 2.24) is 5.43 Å². The minimum atomic E-state index is -0.241. The Morgan fingerprint density at radius 3 is 2.50 bits per heavy atom. The average molecular weight is 341 g/mol. The quantitative estimate of drug-likeness (QED) is 0.656. The number of aryl methyl sites for hydroxylation is 2. The third kappa shape index (κ3) is 2.95. The SMILES string of the molecule is Cc1oc(C)c(C(Cc2ccc(Br)cc2F)NN)c1C. The maximum Gasteiger partial charge on any atom is 0.127 e. The van der Waals surface area contributed by atoms with Gasteiger partial charge in [-0.25, -0.2) is 4.39 Å². The molecule has 1 atom stereocenters. The number of rotatable bonds is 4. The van der Waals surface area contributed by atoms with Gasteiger partial charge in [-0.3, -0.25) is 11.3 Å². The Bertz CT molecular complexity index is 625. The Labute approximate surface area is 126 Å². The maximum absolute atomic E-state index is 13.9. The van der Waals surface area contributed by atoms with Crippen LogP contribution in [0.2, 0.25) is 0 Å². The zero-order chi connectivity index (χ0) is 14.9. The average Bonchev–Trinajstić information content (AvgIpc) is 2.63. The number of benzene rings is 1. The first-order valence-corrected chi connectivity index (χ1v) is 7.20. The highest BCUT2D eigenvalue weighted by Crippen LogP contribution is 2.29. The molecule has 5 heteroatoms. The van der Waals surface area contributed by atoms with E-state index >= 15 is 0 Å². The van der Waals surface area contributed by atoms with E-state index in [9.17, 15) is 4.39 Å². The molecular formula is C15H18BrFN2O. The molecule has 0 spiro atoms. The van der Waals surface area contributed by atoms with Crippen molar-refractivity contribution in [3.63, 3.8) is 0 Å². The second-order valence-electron chi connectivity index (χ2n) is 4.91. The van der Waals surface area contributed by atoms with Crippen LogP contribution < -0.4 is 11.3 Å². The molecule has 0 fully saturated rings. The molecule has 0 saturated heterocycles. The molecule has 0 bridgehead atoms. The van der Waals surface area contributed by atoms with Gasteiger partial charge in [0.25, 0.3) is 0 Å². The lowest BCUT2D eigenvalue weighted by atomic mass is 9.96. The number of furan rings is 1. The Morgan fingerprint density at radius 2 is 2.00 bits per heavy atom. The van der Waals surface area contributed by atoms with E-state index in [0.717, 1.165) is 27.1 Å². The van der Waals surface area contributed by atoms with Crippen LogP contribution in [-0.2, 0) is 6.42 Å². The van der Waals surface area contributed by atoms with Gasteiger partial charge in [-0.15, -0.1) is 0 Å². The van der Waals surface area contributed by atoms with Crippen LogP contribution >= 0.6 is 15.9 Å². The summed E-state index contributed by atoms with van der Waals surface area (Å²) in [6, 6.07) is 4.87. The summed E-state index contributed by atoms with van der Waals surface area (Å²) < 4.78 is 20.3. The molecule has 3 N–H and O–H groups in total. The second-order valence-corrected chi connectivity index (χ2v) is 5.83. The minimum Gasteiger partial charge on any atom is -0.466 e. The Balaban J connectivity index is 2.33. The zero-order valence-electron chi connectivity index (χ0n) is 11.8. The van der Waals surface area contributed by atoms with E-state index in [2.05, 4.69) is 21.4 Å². The highest BCUT2D eigenvalue weighted by atomic mass is 79.9. The van der Waals surface area contributed by atoms with Crippen molar-refractivity contribution in [1.29, 1.82) is 0 Å². The summed E-state index contributed by atoms with van der Waals surface area (Å²) in [5, 5.41) is 0. The van der Waals surface area contributed by atoms with E-state index in [1.165, 1.54) is 6.07 Å². The summed E-state index contributed by atoms with van der Waals surface area (Å²) in [5.41, 5.74) is 5.45. The van der Waals surface area contributed by atoms with Gasteiger partial charge < -0.3 is 4.42 Å². The topological polar surface area (TPSA) is 51.2 Å². The lowest BCUT2D eigenvalue weighted by molar-refractivity contribution is 0.481. The minimum absolute atomic E-state index is 0.178. The second kappa shape index (κ2) is 6.08. The maximum atomic E-state index is 13.9. The van der Waals surface area contributed by atoms with Crippen molar-refractivity contribution >= 4 is 15.9 Å². The van der Waals surface area contributed by atoms with Gasteiger partial charge in [-0.1, -0.05) is 22.0 Å². The van der Waals surface area contributed by atoms with E-state index in [1.807, 2.05) is 26.8 Å². The Hall–Kier alpha value is -1.17. The lowest BCUT2D eigenvalue weighted by Gasteiger charge is -2.17. The van der Waals surface area contributed by atoms with Crippen LogP contribution in [0.15, 0.2) is 27.1 Å². The normalized spacial score (nSPS) is 12.7. The van der Waals surface area contributed by atoms with Crippen molar-refractivity contribution in [2.75, 3.05) is 0 Å². The molecule has 1 heterocycles. The summed E-state index contributed by atoms with van der Waals surface area (Å²) in [5.74, 6) is 7.11. The molecular weight excluding hydrogens is 323 g/mol. The highest BCUT2D eigenvalue weighted by molar-refractivity contribution is 9.10. The number of hydrazine groups is 1. The van der Waals surface area contributed by atoms with Gasteiger partial charge >= 0.3 is 0 Å². The van der Waals surface area contributed by atoms with Gasteiger partial charge in [0.2, 0.25) is 0 Å². The van der Waals surface area contributed by atoms with E-state index in [1.54, 1.807) is 6.07 Å². The molecule has 0 radical (unpaired) electrons. The van der Waals surface area contributed by atoms with Gasteiger partial charge in [-0.05, 0) is 50.5 Å². The summed E-state index contributed by atoms with van der Waals surface area (Å²) in [6.07, 6.45) is 0.469. The van der Waals surface area contributed by atoms with Crippen LogP contribution in [0.5, 0.6) is 0 Å². The van der Waals surface area contributed by atoms with Gasteiger partial charge in [0.05, 0.1) is 6.04 Å². The van der Waals surface area contributed by atoms with Crippen molar-refractivity contribution in [3.05, 3.63) is 56.7 Å². The number of hydrogen-bond donors (Lipinski definition) is 2. The smallest absolute Gasteiger partial charge is 0.127 e. The monoisotopic (exact) mass is 340 g/mol. The van der Waals surface area contributed by atoms with Crippen molar-refractivity contribution in [2.24, 2.45) is 5.84 Å². The third-order valence-corrected chi connectivity index (χ3v) is 4.10. The first-order chi connectivity index (χ1) is 9.43. The molecule has 0 saturated carbocycles. The van der Waals surface area contributed by atoms with Crippen LogP contribution in [0.4, 0.5) is 4.39 Å². The molecule has 0 aliphatic heterocycles. The lowest BCUT2D eigenvalue weighted by Crippen LogP contribution is -2.30. The van der Waals surface area contributed by atoms with Crippen molar-refractivity contribution < 1.29 is 8.81 Å². The molecule has 1 aromatic heterocycles. The number of hydrogen-bond acceptors (Lipinski definition) is 3. The van der Waals surface area contributed by atoms with Gasteiger partial charge in [0, 0.05) is 10.0 Å². The molecule has 2 aromatic rings. The predicted octanol–water partition coefficient (Wildman–Crippen LogP) is 3.85. The molecule has 0 aliphatic carbocycles. The molecule has 3 nitrogen and oxygen atoms in total. The summed E-state index contributed by atoms with van der Waals surface area (Å²) in [6.45, 7) is 5.81. The summed E-state index contributed by atoms with van der Waals surface area (Å²) in [7, 11) is 0. The third-order valence-electron chi connectivity index (χ3n) is 3.61. The summed E-state index contributed by atoms with van der Waals surface area (Å²) in [4.78, 5) is 0. The molecule has 0 amide bonds. The van der Waals surface area contributed by atoms with Crippen molar-refractivity contribution in [3.8, 4) is 0 Å². The zero-order valence-corrected chi connectivity index (χ0v) is 13.3. The standard InChI is InChI=1S/C15H18BrFN2O/c1-8-9(2)20-10(3)15(8)14(19-18)6-11-4-5-12(16)7-13(11)17/h4-5,7,14,19H,6,18H2,1-3H3. The Morgan fingerprint density at radius 1 is 1.30 bits per heavy atom. The van der Waals surface area contributed by atoms with E-state index in [4.69, 9.17) is 10.3 Å². The molecule has 108 valence electrons. The molecule has 1 aromatic carbocycles.